The van der Waals surface area contributed by atoms with E-state index in [-0.39, 0.29) is 12.5 Å². The van der Waals surface area contributed by atoms with E-state index in [0.717, 1.165) is 16.7 Å². The summed E-state index contributed by atoms with van der Waals surface area (Å²) in [7, 11) is 0. The van der Waals surface area contributed by atoms with E-state index < -0.39 is 0 Å². The fraction of sp³-hybridized carbons (Fsp3) is 0.364. The van der Waals surface area contributed by atoms with Gasteiger partial charge < -0.3 is 9.64 Å². The Balaban J connectivity index is 2.40. The molecular formula is C11H13I2NO2. The molecule has 0 fully saturated rings. The number of carbonyl (C=O) groups excluding carboxylic acids is 1. The molecule has 5 heteroatoms. The lowest BCUT2D eigenvalue weighted by Gasteiger charge is -2.18. The van der Waals surface area contributed by atoms with Crippen LogP contribution in [0.4, 0.5) is 0 Å². The summed E-state index contributed by atoms with van der Waals surface area (Å²) >= 11 is 4.45. The second-order valence-electron chi connectivity index (χ2n) is 3.07. The van der Waals surface area contributed by atoms with Gasteiger partial charge in [0.2, 0.25) is 0 Å². The van der Waals surface area contributed by atoms with E-state index in [1.165, 1.54) is 0 Å². The summed E-state index contributed by atoms with van der Waals surface area (Å²) in [6.45, 7) is 0.893. The van der Waals surface area contributed by atoms with Crippen molar-refractivity contribution < 1.29 is 9.53 Å². The molecular weight excluding hydrogens is 432 g/mol. The van der Waals surface area contributed by atoms with Crippen LogP contribution in [0.25, 0.3) is 0 Å². The van der Waals surface area contributed by atoms with Crippen molar-refractivity contribution in [2.75, 3.05) is 22.1 Å². The average Bonchev–Trinajstić information content (AvgIpc) is 2.34. The predicted molar refractivity (Wildman–Crippen MR) is 81.4 cm³/mol. The smallest absolute Gasteiger partial charge is 0.261 e. The molecule has 1 aromatic carbocycles. The van der Waals surface area contributed by atoms with Crippen LogP contribution < -0.4 is 4.74 Å². The molecule has 0 saturated heterocycles. The number of alkyl halides is 2. The predicted octanol–water partition coefficient (Wildman–Crippen LogP) is 2.72. The molecule has 0 aliphatic heterocycles. The molecule has 1 amide bonds. The minimum Gasteiger partial charge on any atom is -0.484 e. The van der Waals surface area contributed by atoms with Gasteiger partial charge in [-0.25, -0.2) is 0 Å². The van der Waals surface area contributed by atoms with Crippen LogP contribution in [-0.4, -0.2) is 32.9 Å². The SMILES string of the molecule is O=C(COc1ccccc1)N(CI)CCI. The number of halogens is 2. The van der Waals surface area contributed by atoms with Crippen LogP contribution in [0.1, 0.15) is 0 Å². The zero-order valence-corrected chi connectivity index (χ0v) is 13.0. The highest BCUT2D eigenvalue weighted by Crippen LogP contribution is 2.08. The fourth-order valence-corrected chi connectivity index (χ4v) is 2.41. The Kier molecular flexibility index (Phi) is 7.10. The third-order valence-corrected chi connectivity index (χ3v) is 3.26. The molecule has 0 atom stereocenters. The molecule has 0 aromatic heterocycles. The first-order valence-corrected chi connectivity index (χ1v) is 7.90. The van der Waals surface area contributed by atoms with Gasteiger partial charge in [-0.3, -0.25) is 4.79 Å². The number of amides is 1. The summed E-state index contributed by atoms with van der Waals surface area (Å²) < 4.78 is 7.05. The van der Waals surface area contributed by atoms with Crippen molar-refractivity contribution in [3.05, 3.63) is 30.3 Å². The average molecular weight is 445 g/mol. The molecule has 1 aromatic rings. The first-order valence-electron chi connectivity index (χ1n) is 4.85. The van der Waals surface area contributed by atoms with Gasteiger partial charge in [-0.1, -0.05) is 63.4 Å². The lowest BCUT2D eigenvalue weighted by Crippen LogP contribution is -2.35. The minimum atomic E-state index is 0.0370. The first kappa shape index (κ1) is 14.0. The van der Waals surface area contributed by atoms with Gasteiger partial charge in [0, 0.05) is 11.0 Å². The molecule has 16 heavy (non-hydrogen) atoms. The number of ether oxygens (including phenoxy) is 1. The Labute approximate surface area is 123 Å². The van der Waals surface area contributed by atoms with E-state index in [0.29, 0.717) is 4.55 Å². The zero-order valence-electron chi connectivity index (χ0n) is 8.73. The Bertz CT molecular complexity index is 319. The summed E-state index contributed by atoms with van der Waals surface area (Å²) in [5, 5.41) is 0. The van der Waals surface area contributed by atoms with Gasteiger partial charge in [-0.2, -0.15) is 0 Å². The molecule has 0 unspecified atom stereocenters. The van der Waals surface area contributed by atoms with Crippen LogP contribution in [0, 0.1) is 0 Å². The number of carbonyl (C=O) groups is 1. The van der Waals surface area contributed by atoms with Crippen LogP contribution in [0.2, 0.25) is 0 Å². The van der Waals surface area contributed by atoms with Gasteiger partial charge in [0.25, 0.3) is 5.91 Å². The topological polar surface area (TPSA) is 29.5 Å². The number of hydrogen-bond acceptors (Lipinski definition) is 2. The standard InChI is InChI=1S/C11H13I2NO2/c12-6-7-14(9-13)11(15)8-16-10-4-2-1-3-5-10/h1-5H,6-9H2. The second kappa shape index (κ2) is 8.10. The van der Waals surface area contributed by atoms with Crippen LogP contribution in [0.3, 0.4) is 0 Å². The number of para-hydroxylation sites is 1. The Morgan fingerprint density at radius 3 is 2.50 bits per heavy atom. The lowest BCUT2D eigenvalue weighted by atomic mass is 10.3. The van der Waals surface area contributed by atoms with Gasteiger partial charge in [0.1, 0.15) is 5.75 Å². The zero-order chi connectivity index (χ0) is 11.8. The van der Waals surface area contributed by atoms with Crippen LogP contribution in [0.5, 0.6) is 5.75 Å². The second-order valence-corrected chi connectivity index (χ2v) is 4.83. The Hall–Kier alpha value is -0.0500. The van der Waals surface area contributed by atoms with E-state index in [4.69, 9.17) is 4.74 Å². The van der Waals surface area contributed by atoms with Gasteiger partial charge >= 0.3 is 0 Å². The van der Waals surface area contributed by atoms with E-state index in [2.05, 4.69) is 45.2 Å². The monoisotopic (exact) mass is 445 g/mol. The highest BCUT2D eigenvalue weighted by Gasteiger charge is 2.11. The molecule has 0 spiro atoms. The van der Waals surface area contributed by atoms with Crippen molar-refractivity contribution in [3.63, 3.8) is 0 Å². The summed E-state index contributed by atoms with van der Waals surface area (Å²) in [6.07, 6.45) is 0. The first-order chi connectivity index (χ1) is 7.77. The number of benzene rings is 1. The van der Waals surface area contributed by atoms with Gasteiger partial charge in [-0.05, 0) is 12.1 Å². The molecule has 0 bridgehead atoms. The molecule has 3 nitrogen and oxygen atoms in total. The quantitative estimate of drug-likeness (QED) is 0.383. The van der Waals surface area contributed by atoms with Crippen molar-refractivity contribution in [1.29, 1.82) is 0 Å². The molecule has 88 valence electrons. The fourth-order valence-electron chi connectivity index (χ4n) is 1.11. The van der Waals surface area contributed by atoms with Crippen LogP contribution >= 0.6 is 45.2 Å². The number of rotatable bonds is 6. The number of hydrogen-bond donors (Lipinski definition) is 0. The molecule has 0 radical (unpaired) electrons. The van der Waals surface area contributed by atoms with Crippen molar-refractivity contribution in [2.24, 2.45) is 0 Å². The maximum Gasteiger partial charge on any atom is 0.261 e. The highest BCUT2D eigenvalue weighted by molar-refractivity contribution is 14.1. The Morgan fingerprint density at radius 2 is 1.94 bits per heavy atom. The lowest BCUT2D eigenvalue weighted by molar-refractivity contribution is -0.131. The third kappa shape index (κ3) is 4.86. The Morgan fingerprint density at radius 1 is 1.25 bits per heavy atom. The number of nitrogens with zero attached hydrogens (tertiary/aromatic N) is 1. The minimum absolute atomic E-state index is 0.0370. The van der Waals surface area contributed by atoms with Gasteiger partial charge in [0.15, 0.2) is 6.61 Å². The summed E-state index contributed by atoms with van der Waals surface area (Å²) in [4.78, 5) is 13.5. The normalized spacial score (nSPS) is 9.88. The van der Waals surface area contributed by atoms with Crippen LogP contribution in [-0.2, 0) is 4.79 Å². The largest absolute Gasteiger partial charge is 0.484 e. The van der Waals surface area contributed by atoms with Crippen molar-refractivity contribution in [2.45, 2.75) is 0 Å². The molecule has 0 aliphatic carbocycles. The molecule has 0 aliphatic rings. The van der Waals surface area contributed by atoms with E-state index in [1.54, 1.807) is 4.90 Å². The van der Waals surface area contributed by atoms with E-state index in [1.807, 2.05) is 30.3 Å². The van der Waals surface area contributed by atoms with Crippen molar-refractivity contribution in [3.8, 4) is 5.75 Å². The molecule has 1 rings (SSSR count). The molecule has 0 saturated carbocycles. The molecule has 0 N–H and O–H groups in total. The highest BCUT2D eigenvalue weighted by atomic mass is 127. The third-order valence-electron chi connectivity index (χ3n) is 1.96. The van der Waals surface area contributed by atoms with E-state index >= 15 is 0 Å². The van der Waals surface area contributed by atoms with E-state index in [9.17, 15) is 4.79 Å². The van der Waals surface area contributed by atoms with Gasteiger partial charge in [-0.15, -0.1) is 0 Å². The van der Waals surface area contributed by atoms with Gasteiger partial charge in [0.05, 0.1) is 4.55 Å². The summed E-state index contributed by atoms with van der Waals surface area (Å²) in [5.74, 6) is 0.772. The summed E-state index contributed by atoms with van der Waals surface area (Å²) in [5.41, 5.74) is 0. The van der Waals surface area contributed by atoms with Crippen molar-refractivity contribution in [1.82, 2.24) is 4.90 Å². The van der Waals surface area contributed by atoms with Crippen molar-refractivity contribution >= 4 is 51.1 Å². The van der Waals surface area contributed by atoms with Crippen LogP contribution in [0.15, 0.2) is 30.3 Å². The summed E-state index contributed by atoms with van der Waals surface area (Å²) in [6, 6.07) is 9.39. The molecule has 0 heterocycles. The maximum absolute atomic E-state index is 11.7. The maximum atomic E-state index is 11.7.